The van der Waals surface area contributed by atoms with Gasteiger partial charge in [-0.3, -0.25) is 4.79 Å². The smallest absolute Gasteiger partial charge is 0.241 e. The standard InChI is InChI=1S/C19H31NO4S/c1-6-7-12(2)16(21)13(3)17(22)20-15-10-14-8-9-19(15,18(14,4)5)11-25(20,23)24/h6,12-16,21H,1,7-11H2,2-5H3/t12-,13+,14?,15?,16+,19?/m1/s1. The van der Waals surface area contributed by atoms with E-state index in [2.05, 4.69) is 20.4 Å². The van der Waals surface area contributed by atoms with Gasteiger partial charge in [-0.05, 0) is 42.9 Å². The highest BCUT2D eigenvalue weighted by Crippen LogP contribution is 2.70. The zero-order valence-electron chi connectivity index (χ0n) is 15.7. The number of carbonyl (C=O) groups is 1. The maximum Gasteiger partial charge on any atom is 0.241 e. The van der Waals surface area contributed by atoms with Crippen molar-refractivity contribution in [2.75, 3.05) is 5.75 Å². The Labute approximate surface area is 151 Å². The average Bonchev–Trinajstić information content (AvgIpc) is 3.00. The van der Waals surface area contributed by atoms with Gasteiger partial charge in [0.2, 0.25) is 15.9 Å². The number of aliphatic hydroxyl groups excluding tert-OH is 1. The maximum absolute atomic E-state index is 13.1. The molecule has 1 spiro atoms. The average molecular weight is 370 g/mol. The summed E-state index contributed by atoms with van der Waals surface area (Å²) in [6, 6.07) is -0.233. The fourth-order valence-electron chi connectivity index (χ4n) is 5.82. The number of rotatable bonds is 5. The first-order chi connectivity index (χ1) is 11.5. The van der Waals surface area contributed by atoms with Crippen molar-refractivity contribution in [2.24, 2.45) is 28.6 Å². The highest BCUT2D eigenvalue weighted by Gasteiger charge is 2.72. The molecule has 6 heteroatoms. The second kappa shape index (κ2) is 5.81. The van der Waals surface area contributed by atoms with Crippen molar-refractivity contribution < 1.29 is 18.3 Å². The summed E-state index contributed by atoms with van der Waals surface area (Å²) in [4.78, 5) is 13.1. The van der Waals surface area contributed by atoms with Crippen LogP contribution in [0, 0.1) is 28.6 Å². The van der Waals surface area contributed by atoms with E-state index >= 15 is 0 Å². The first-order valence-electron chi connectivity index (χ1n) is 9.34. The molecule has 0 aromatic carbocycles. The van der Waals surface area contributed by atoms with Crippen molar-refractivity contribution in [2.45, 2.75) is 65.5 Å². The number of fused-ring (bicyclic) bond motifs is 1. The Balaban J connectivity index is 1.90. The normalized spacial score (nSPS) is 38.2. The minimum atomic E-state index is -3.62. The van der Waals surface area contributed by atoms with Gasteiger partial charge >= 0.3 is 0 Å². The number of sulfonamides is 1. The van der Waals surface area contributed by atoms with E-state index in [9.17, 15) is 18.3 Å². The Bertz CT molecular complexity index is 686. The van der Waals surface area contributed by atoms with Crippen molar-refractivity contribution in [3.63, 3.8) is 0 Å². The minimum Gasteiger partial charge on any atom is -0.392 e. The lowest BCUT2D eigenvalue weighted by Crippen LogP contribution is -2.48. The van der Waals surface area contributed by atoms with E-state index < -0.39 is 28.0 Å². The van der Waals surface area contributed by atoms with Crippen molar-refractivity contribution in [3.05, 3.63) is 12.7 Å². The lowest BCUT2D eigenvalue weighted by molar-refractivity contribution is -0.137. The van der Waals surface area contributed by atoms with Crippen LogP contribution in [0.5, 0.6) is 0 Å². The molecule has 3 unspecified atom stereocenters. The number of carbonyl (C=O) groups excluding carboxylic acids is 1. The number of hydrogen-bond donors (Lipinski definition) is 1. The molecule has 1 saturated heterocycles. The van der Waals surface area contributed by atoms with Gasteiger partial charge in [-0.1, -0.05) is 33.8 Å². The molecule has 1 heterocycles. The van der Waals surface area contributed by atoms with E-state index in [0.29, 0.717) is 12.3 Å². The van der Waals surface area contributed by atoms with E-state index in [-0.39, 0.29) is 28.5 Å². The van der Waals surface area contributed by atoms with Gasteiger partial charge in [0.25, 0.3) is 0 Å². The first kappa shape index (κ1) is 18.9. The summed E-state index contributed by atoms with van der Waals surface area (Å²) < 4.78 is 27.0. The largest absolute Gasteiger partial charge is 0.392 e. The quantitative estimate of drug-likeness (QED) is 0.756. The molecule has 1 N–H and O–H groups in total. The molecular formula is C19H31NO4S. The third-order valence-corrected chi connectivity index (χ3v) is 9.57. The number of hydrogen-bond acceptors (Lipinski definition) is 4. The van der Waals surface area contributed by atoms with Gasteiger partial charge in [0.05, 0.1) is 23.8 Å². The van der Waals surface area contributed by atoms with Gasteiger partial charge in [0.15, 0.2) is 0 Å². The molecule has 2 aliphatic carbocycles. The zero-order chi connectivity index (χ0) is 18.8. The van der Waals surface area contributed by atoms with Gasteiger partial charge in [-0.2, -0.15) is 0 Å². The van der Waals surface area contributed by atoms with Gasteiger partial charge in [0.1, 0.15) is 0 Å². The van der Waals surface area contributed by atoms with Gasteiger partial charge in [-0.15, -0.1) is 6.58 Å². The summed E-state index contributed by atoms with van der Waals surface area (Å²) in [7, 11) is -3.62. The highest BCUT2D eigenvalue weighted by atomic mass is 32.2. The van der Waals surface area contributed by atoms with Crippen molar-refractivity contribution >= 4 is 15.9 Å². The molecule has 1 amide bonds. The molecule has 0 radical (unpaired) electrons. The predicted octanol–water partition coefficient (Wildman–Crippen LogP) is 2.56. The highest BCUT2D eigenvalue weighted by molar-refractivity contribution is 7.90. The third kappa shape index (κ3) is 2.43. The lowest BCUT2D eigenvalue weighted by atomic mass is 9.69. The van der Waals surface area contributed by atoms with Crippen LogP contribution in [0.25, 0.3) is 0 Å². The first-order valence-corrected chi connectivity index (χ1v) is 11.0. The topological polar surface area (TPSA) is 74.7 Å². The Kier molecular flexibility index (Phi) is 4.39. The molecule has 25 heavy (non-hydrogen) atoms. The summed E-state index contributed by atoms with van der Waals surface area (Å²) >= 11 is 0. The van der Waals surface area contributed by atoms with Crippen LogP contribution in [-0.2, 0) is 14.8 Å². The molecule has 3 aliphatic rings. The Morgan fingerprint density at radius 1 is 1.40 bits per heavy atom. The Morgan fingerprint density at radius 2 is 2.04 bits per heavy atom. The van der Waals surface area contributed by atoms with E-state index in [4.69, 9.17) is 0 Å². The van der Waals surface area contributed by atoms with Crippen molar-refractivity contribution in [1.82, 2.24) is 4.31 Å². The second-order valence-electron chi connectivity index (χ2n) is 9.04. The summed E-state index contributed by atoms with van der Waals surface area (Å²) in [6.45, 7) is 11.5. The van der Waals surface area contributed by atoms with E-state index in [1.807, 2.05) is 6.92 Å². The molecule has 0 aromatic rings. The summed E-state index contributed by atoms with van der Waals surface area (Å²) in [5, 5.41) is 10.5. The number of allylic oxidation sites excluding steroid dienone is 1. The fourth-order valence-corrected chi connectivity index (χ4v) is 8.44. The minimum absolute atomic E-state index is 0.0578. The maximum atomic E-state index is 13.1. The van der Waals surface area contributed by atoms with Crippen molar-refractivity contribution in [1.29, 1.82) is 0 Å². The van der Waals surface area contributed by atoms with Crippen LogP contribution >= 0.6 is 0 Å². The van der Waals surface area contributed by atoms with Crippen LogP contribution in [0.1, 0.15) is 53.4 Å². The summed E-state index contributed by atoms with van der Waals surface area (Å²) in [5.41, 5.74) is -0.374. The second-order valence-corrected chi connectivity index (χ2v) is 10.9. The molecule has 0 aromatic heterocycles. The lowest BCUT2D eigenvalue weighted by Gasteiger charge is -2.37. The number of aliphatic hydroxyl groups is 1. The fraction of sp³-hybridized carbons (Fsp3) is 0.842. The van der Waals surface area contributed by atoms with Crippen LogP contribution < -0.4 is 0 Å². The molecule has 2 bridgehead atoms. The molecule has 3 fully saturated rings. The molecule has 1 aliphatic heterocycles. The van der Waals surface area contributed by atoms with Gasteiger partial charge < -0.3 is 5.11 Å². The van der Waals surface area contributed by atoms with E-state index in [0.717, 1.165) is 19.3 Å². The van der Waals surface area contributed by atoms with Gasteiger partial charge in [-0.25, -0.2) is 12.7 Å². The molecule has 142 valence electrons. The third-order valence-electron chi connectivity index (χ3n) is 7.65. The Morgan fingerprint density at radius 3 is 2.60 bits per heavy atom. The molecule has 3 rings (SSSR count). The van der Waals surface area contributed by atoms with Crippen LogP contribution in [0.15, 0.2) is 12.7 Å². The van der Waals surface area contributed by atoms with Crippen LogP contribution in [0.3, 0.4) is 0 Å². The van der Waals surface area contributed by atoms with Crippen LogP contribution in [0.2, 0.25) is 0 Å². The predicted molar refractivity (Wildman–Crippen MR) is 97.1 cm³/mol. The molecule has 2 saturated carbocycles. The molecule has 5 nitrogen and oxygen atoms in total. The van der Waals surface area contributed by atoms with E-state index in [1.54, 1.807) is 13.0 Å². The van der Waals surface area contributed by atoms with Crippen molar-refractivity contribution in [3.8, 4) is 0 Å². The monoisotopic (exact) mass is 369 g/mol. The van der Waals surface area contributed by atoms with Crippen LogP contribution in [-0.4, -0.2) is 41.6 Å². The number of nitrogens with zero attached hydrogens (tertiary/aromatic N) is 1. The SMILES string of the molecule is C=CC[C@@H](C)[C@H](O)[C@H](C)C(=O)N1C2CC3CCC2(CS1(=O)=O)C3(C)C. The van der Waals surface area contributed by atoms with E-state index in [1.165, 1.54) is 4.31 Å². The summed E-state index contributed by atoms with van der Waals surface area (Å²) in [5.74, 6) is -0.753. The van der Waals surface area contributed by atoms with Crippen LogP contribution in [0.4, 0.5) is 0 Å². The molecule has 6 atom stereocenters. The van der Waals surface area contributed by atoms with Gasteiger partial charge in [0, 0.05) is 5.41 Å². The summed E-state index contributed by atoms with van der Waals surface area (Å²) in [6.07, 6.45) is 4.13. The molecular weight excluding hydrogens is 338 g/mol. The Hall–Kier alpha value is -0.880. The number of amides is 1. The zero-order valence-corrected chi connectivity index (χ0v) is 16.6.